The highest BCUT2D eigenvalue weighted by atomic mass is 32.1. The number of fused-ring (bicyclic) bond motifs is 8. The molecule has 3 heterocycles. The van der Waals surface area contributed by atoms with Crippen molar-refractivity contribution in [2.45, 2.75) is 0 Å². The van der Waals surface area contributed by atoms with Crippen LogP contribution in [-0.4, -0.2) is 15.0 Å². The summed E-state index contributed by atoms with van der Waals surface area (Å²) in [4.78, 5) is 15.0. The second-order valence-corrected chi connectivity index (χ2v) is 13.1. The first-order valence-electron chi connectivity index (χ1n) is 15.9. The molecule has 3 aromatic heterocycles. The Morgan fingerprint density at radius 1 is 0.396 bits per heavy atom. The molecule has 224 valence electrons. The Hall–Kier alpha value is -6.17. The normalized spacial score (nSPS) is 11.8. The summed E-state index contributed by atoms with van der Waals surface area (Å²) in [6, 6.07) is 52.7. The predicted octanol–water partition coefficient (Wildman–Crippen LogP) is 12.0. The molecule has 4 nitrogen and oxygen atoms in total. The summed E-state index contributed by atoms with van der Waals surface area (Å²) >= 11 is 1.80. The second-order valence-electron chi connectivity index (χ2n) is 12.0. The molecule has 0 saturated heterocycles. The van der Waals surface area contributed by atoms with E-state index in [4.69, 9.17) is 19.4 Å². The summed E-state index contributed by atoms with van der Waals surface area (Å²) < 4.78 is 8.84. The Kier molecular flexibility index (Phi) is 6.01. The summed E-state index contributed by atoms with van der Waals surface area (Å²) in [5.74, 6) is 1.95. The van der Waals surface area contributed by atoms with Gasteiger partial charge in [-0.2, -0.15) is 0 Å². The smallest absolute Gasteiger partial charge is 0.164 e. The van der Waals surface area contributed by atoms with Crippen LogP contribution < -0.4 is 0 Å². The van der Waals surface area contributed by atoms with E-state index in [1.54, 1.807) is 11.3 Å². The molecule has 10 aromatic rings. The fourth-order valence-corrected chi connectivity index (χ4v) is 7.99. The molecule has 0 unspecified atom stereocenters. The molecule has 0 bridgehead atoms. The third-order valence-electron chi connectivity index (χ3n) is 9.15. The van der Waals surface area contributed by atoms with Crippen LogP contribution in [-0.2, 0) is 0 Å². The van der Waals surface area contributed by atoms with Crippen LogP contribution in [0, 0.1) is 0 Å². The highest BCUT2D eigenvalue weighted by Crippen LogP contribution is 2.41. The van der Waals surface area contributed by atoms with Gasteiger partial charge in [0.25, 0.3) is 0 Å². The fraction of sp³-hybridized carbons (Fsp3) is 0. The van der Waals surface area contributed by atoms with Crippen molar-refractivity contribution in [1.29, 1.82) is 0 Å². The van der Waals surface area contributed by atoms with Gasteiger partial charge >= 0.3 is 0 Å². The number of furan rings is 1. The molecule has 0 spiro atoms. The van der Waals surface area contributed by atoms with Gasteiger partial charge in [0.15, 0.2) is 17.5 Å². The number of hydrogen-bond donors (Lipinski definition) is 0. The number of aromatic nitrogens is 3. The van der Waals surface area contributed by atoms with Crippen LogP contribution in [0.25, 0.3) is 98.2 Å². The first-order chi connectivity index (χ1) is 23.8. The lowest BCUT2D eigenvalue weighted by Gasteiger charge is -2.10. The zero-order valence-electron chi connectivity index (χ0n) is 25.6. The molecule has 10 rings (SSSR count). The van der Waals surface area contributed by atoms with Crippen molar-refractivity contribution in [2.75, 3.05) is 0 Å². The zero-order valence-corrected chi connectivity index (χ0v) is 26.4. The van der Waals surface area contributed by atoms with Crippen molar-refractivity contribution < 1.29 is 4.42 Å². The topological polar surface area (TPSA) is 51.8 Å². The van der Waals surface area contributed by atoms with Gasteiger partial charge in [0.2, 0.25) is 0 Å². The Morgan fingerprint density at radius 3 is 1.85 bits per heavy atom. The molecule has 0 N–H and O–H groups in total. The van der Waals surface area contributed by atoms with Crippen LogP contribution in [0.15, 0.2) is 156 Å². The van der Waals surface area contributed by atoms with Gasteiger partial charge in [-0.3, -0.25) is 0 Å². The Morgan fingerprint density at radius 2 is 1.02 bits per heavy atom. The van der Waals surface area contributed by atoms with Crippen LogP contribution in [0.4, 0.5) is 0 Å². The Balaban J connectivity index is 1.11. The number of rotatable bonds is 4. The summed E-state index contributed by atoms with van der Waals surface area (Å²) in [5.41, 5.74) is 6.86. The molecule has 7 aromatic carbocycles. The van der Waals surface area contributed by atoms with E-state index in [9.17, 15) is 0 Å². The van der Waals surface area contributed by atoms with Crippen LogP contribution in [0.3, 0.4) is 0 Å². The molecule has 0 saturated carbocycles. The van der Waals surface area contributed by atoms with E-state index < -0.39 is 0 Å². The van der Waals surface area contributed by atoms with Crippen molar-refractivity contribution in [3.63, 3.8) is 0 Å². The SMILES string of the molecule is c1ccc(-c2nc(-c3ccc(-c4cccc5oc6ccc7ccccc7c6c45)cc3)nc(-c3ccc4c(c3)sc3ccccc34)n2)cc1. The molecule has 0 aliphatic carbocycles. The quantitative estimate of drug-likeness (QED) is 0.194. The summed E-state index contributed by atoms with van der Waals surface area (Å²) in [7, 11) is 0. The number of hydrogen-bond acceptors (Lipinski definition) is 5. The van der Waals surface area contributed by atoms with Gasteiger partial charge in [0.1, 0.15) is 11.2 Å². The van der Waals surface area contributed by atoms with E-state index in [2.05, 4.69) is 121 Å². The molecular weight excluding hydrogens is 607 g/mol. The van der Waals surface area contributed by atoms with Gasteiger partial charge in [-0.25, -0.2) is 15.0 Å². The highest BCUT2D eigenvalue weighted by Gasteiger charge is 2.17. The minimum Gasteiger partial charge on any atom is -0.456 e. The molecule has 0 amide bonds. The molecule has 0 fully saturated rings. The van der Waals surface area contributed by atoms with Crippen molar-refractivity contribution in [2.24, 2.45) is 0 Å². The maximum Gasteiger partial charge on any atom is 0.164 e. The van der Waals surface area contributed by atoms with Crippen molar-refractivity contribution in [1.82, 2.24) is 15.0 Å². The van der Waals surface area contributed by atoms with E-state index in [1.165, 1.54) is 30.9 Å². The molecule has 0 aliphatic heterocycles. The second kappa shape index (κ2) is 10.7. The third kappa shape index (κ3) is 4.33. The standard InChI is InChI=1S/C43H25N3OS/c1-2-10-28(11-3-1)41-44-42(46-43(45-41)30-21-23-34-33-13-6-7-16-37(33)48-38(34)25-30)29-19-17-27(18-20-29)32-14-8-15-35-39(32)40-31-12-5-4-9-26(31)22-24-36(40)47-35/h1-25H. The summed E-state index contributed by atoms with van der Waals surface area (Å²) in [5, 5.41) is 7.19. The average molecular weight is 632 g/mol. The first kappa shape index (κ1) is 27.0. The van der Waals surface area contributed by atoms with E-state index in [0.29, 0.717) is 17.5 Å². The first-order valence-corrected chi connectivity index (χ1v) is 16.8. The van der Waals surface area contributed by atoms with E-state index in [0.717, 1.165) is 49.8 Å². The van der Waals surface area contributed by atoms with E-state index >= 15 is 0 Å². The third-order valence-corrected chi connectivity index (χ3v) is 10.3. The average Bonchev–Trinajstić information content (AvgIpc) is 3.73. The van der Waals surface area contributed by atoms with E-state index in [-0.39, 0.29) is 0 Å². The maximum absolute atomic E-state index is 6.34. The van der Waals surface area contributed by atoms with Gasteiger partial charge in [-0.1, -0.05) is 127 Å². The lowest BCUT2D eigenvalue weighted by Crippen LogP contribution is -2.00. The highest BCUT2D eigenvalue weighted by molar-refractivity contribution is 7.25. The fourth-order valence-electron chi connectivity index (χ4n) is 6.84. The minimum absolute atomic E-state index is 0.639. The maximum atomic E-state index is 6.34. The molecular formula is C43H25N3OS. The van der Waals surface area contributed by atoms with Crippen LogP contribution in [0.1, 0.15) is 0 Å². The molecule has 5 heteroatoms. The van der Waals surface area contributed by atoms with Gasteiger partial charge in [0, 0.05) is 47.6 Å². The van der Waals surface area contributed by atoms with Gasteiger partial charge in [0.05, 0.1) is 0 Å². The van der Waals surface area contributed by atoms with Crippen LogP contribution in [0.2, 0.25) is 0 Å². The summed E-state index contributed by atoms with van der Waals surface area (Å²) in [6.07, 6.45) is 0. The zero-order chi connectivity index (χ0) is 31.6. The van der Waals surface area contributed by atoms with Crippen molar-refractivity contribution >= 4 is 64.2 Å². The lowest BCUT2D eigenvalue weighted by atomic mass is 9.96. The molecule has 0 aliphatic rings. The number of thiophene rings is 1. The monoisotopic (exact) mass is 631 g/mol. The van der Waals surface area contributed by atoms with Gasteiger partial charge in [-0.05, 0) is 46.2 Å². The Labute approximate surface area is 279 Å². The largest absolute Gasteiger partial charge is 0.456 e. The van der Waals surface area contributed by atoms with Crippen molar-refractivity contribution in [3.8, 4) is 45.3 Å². The molecule has 48 heavy (non-hydrogen) atoms. The van der Waals surface area contributed by atoms with Crippen molar-refractivity contribution in [3.05, 3.63) is 152 Å². The van der Waals surface area contributed by atoms with Crippen LogP contribution >= 0.6 is 11.3 Å². The Bertz CT molecular complexity index is 2830. The van der Waals surface area contributed by atoms with Gasteiger partial charge < -0.3 is 4.42 Å². The van der Waals surface area contributed by atoms with Gasteiger partial charge in [-0.15, -0.1) is 11.3 Å². The molecule has 0 radical (unpaired) electrons. The predicted molar refractivity (Wildman–Crippen MR) is 199 cm³/mol. The minimum atomic E-state index is 0.639. The summed E-state index contributed by atoms with van der Waals surface area (Å²) in [6.45, 7) is 0. The number of nitrogens with zero attached hydrogens (tertiary/aromatic N) is 3. The number of benzene rings is 7. The van der Waals surface area contributed by atoms with E-state index in [1.807, 2.05) is 30.3 Å². The van der Waals surface area contributed by atoms with Crippen LogP contribution in [0.5, 0.6) is 0 Å². The lowest BCUT2D eigenvalue weighted by molar-refractivity contribution is 0.669. The molecule has 0 atom stereocenters.